The Morgan fingerprint density at radius 3 is 2.46 bits per heavy atom. The monoisotopic (exact) mass is 323 g/mol. The van der Waals surface area contributed by atoms with Crippen LogP contribution in [0.25, 0.3) is 0 Å². The van der Waals surface area contributed by atoms with Gasteiger partial charge in [-0.15, -0.1) is 0 Å². The molecule has 24 heavy (non-hydrogen) atoms. The molecular formula is C21H25NO2. The summed E-state index contributed by atoms with van der Waals surface area (Å²) in [4.78, 5) is 14.8. The maximum atomic E-state index is 12.9. The number of benzene rings is 2. The van der Waals surface area contributed by atoms with E-state index in [1.165, 1.54) is 16.7 Å². The molecule has 1 aliphatic heterocycles. The Kier molecular flexibility index (Phi) is 5.19. The van der Waals surface area contributed by atoms with Gasteiger partial charge in [-0.1, -0.05) is 50.2 Å². The van der Waals surface area contributed by atoms with Crippen molar-refractivity contribution in [1.82, 2.24) is 4.90 Å². The molecular weight excluding hydrogens is 298 g/mol. The van der Waals surface area contributed by atoms with Crippen molar-refractivity contribution in [3.05, 3.63) is 65.2 Å². The number of aryl methyl sites for hydroxylation is 1. The molecule has 0 saturated carbocycles. The number of amides is 1. The van der Waals surface area contributed by atoms with Crippen molar-refractivity contribution in [2.75, 3.05) is 6.54 Å². The van der Waals surface area contributed by atoms with Crippen LogP contribution in [-0.2, 0) is 24.2 Å². The highest BCUT2D eigenvalue weighted by Gasteiger charge is 2.27. The van der Waals surface area contributed by atoms with Gasteiger partial charge in [0.2, 0.25) is 0 Å². The molecule has 1 amide bonds. The highest BCUT2D eigenvalue weighted by atomic mass is 16.5. The van der Waals surface area contributed by atoms with Crippen LogP contribution in [0.5, 0.6) is 5.75 Å². The van der Waals surface area contributed by atoms with Crippen molar-refractivity contribution >= 4 is 5.91 Å². The highest BCUT2D eigenvalue weighted by molar-refractivity contribution is 5.81. The van der Waals surface area contributed by atoms with Crippen molar-refractivity contribution in [3.63, 3.8) is 0 Å². The average Bonchev–Trinajstić information content (AvgIpc) is 2.65. The van der Waals surface area contributed by atoms with Crippen LogP contribution in [0, 0.1) is 0 Å². The Hall–Kier alpha value is -2.29. The van der Waals surface area contributed by atoms with Crippen molar-refractivity contribution in [1.29, 1.82) is 0 Å². The number of carbonyl (C=O) groups excluding carboxylic acids is 1. The zero-order valence-corrected chi connectivity index (χ0v) is 14.5. The summed E-state index contributed by atoms with van der Waals surface area (Å²) in [6.07, 6.45) is 2.18. The molecule has 0 unspecified atom stereocenters. The molecule has 126 valence electrons. The second kappa shape index (κ2) is 7.52. The Morgan fingerprint density at radius 2 is 1.79 bits per heavy atom. The molecule has 3 heteroatoms. The largest absolute Gasteiger partial charge is 0.481 e. The average molecular weight is 323 g/mol. The standard InChI is InChI=1S/C21H25NO2/c1-3-16-9-11-19(12-10-16)24-20(4-2)21(23)22-14-13-17-7-5-6-8-18(17)15-22/h5-12,20H,3-4,13-15H2,1-2H3/t20-/m0/s1. The number of hydrogen-bond donors (Lipinski definition) is 0. The lowest BCUT2D eigenvalue weighted by atomic mass is 9.99. The first-order valence-corrected chi connectivity index (χ1v) is 8.82. The third-order valence-corrected chi connectivity index (χ3v) is 4.70. The van der Waals surface area contributed by atoms with E-state index in [9.17, 15) is 4.79 Å². The lowest BCUT2D eigenvalue weighted by Gasteiger charge is -2.31. The molecule has 0 saturated heterocycles. The van der Waals surface area contributed by atoms with Crippen molar-refractivity contribution in [2.24, 2.45) is 0 Å². The normalized spacial score (nSPS) is 14.8. The van der Waals surface area contributed by atoms with Crippen LogP contribution >= 0.6 is 0 Å². The lowest BCUT2D eigenvalue weighted by molar-refractivity contribution is -0.139. The number of fused-ring (bicyclic) bond motifs is 1. The third kappa shape index (κ3) is 3.61. The first-order chi connectivity index (χ1) is 11.7. The maximum absolute atomic E-state index is 12.9. The zero-order valence-electron chi connectivity index (χ0n) is 14.5. The third-order valence-electron chi connectivity index (χ3n) is 4.70. The minimum Gasteiger partial charge on any atom is -0.481 e. The van der Waals surface area contributed by atoms with E-state index in [2.05, 4.69) is 37.3 Å². The molecule has 0 radical (unpaired) electrons. The van der Waals surface area contributed by atoms with E-state index in [-0.39, 0.29) is 5.91 Å². The van der Waals surface area contributed by atoms with Crippen LogP contribution in [0.1, 0.15) is 37.0 Å². The molecule has 0 spiro atoms. The molecule has 2 aromatic rings. The minimum absolute atomic E-state index is 0.0894. The molecule has 1 aliphatic rings. The van der Waals surface area contributed by atoms with Gasteiger partial charge in [0.15, 0.2) is 6.10 Å². The van der Waals surface area contributed by atoms with Gasteiger partial charge in [0.1, 0.15) is 5.75 Å². The number of nitrogens with zero attached hydrogens (tertiary/aromatic N) is 1. The Morgan fingerprint density at radius 1 is 1.08 bits per heavy atom. The zero-order chi connectivity index (χ0) is 16.9. The first-order valence-electron chi connectivity index (χ1n) is 8.82. The molecule has 2 aromatic carbocycles. The van der Waals surface area contributed by atoms with E-state index in [1.807, 2.05) is 30.0 Å². The van der Waals surface area contributed by atoms with Gasteiger partial charge in [-0.05, 0) is 48.1 Å². The second-order valence-electron chi connectivity index (χ2n) is 6.29. The van der Waals surface area contributed by atoms with Crippen molar-refractivity contribution in [3.8, 4) is 5.75 Å². The van der Waals surface area contributed by atoms with Crippen molar-refractivity contribution in [2.45, 2.75) is 45.8 Å². The van der Waals surface area contributed by atoms with Gasteiger partial charge < -0.3 is 9.64 Å². The van der Waals surface area contributed by atoms with Gasteiger partial charge in [0.25, 0.3) is 5.91 Å². The van der Waals surface area contributed by atoms with E-state index < -0.39 is 6.10 Å². The summed E-state index contributed by atoms with van der Waals surface area (Å²) in [7, 11) is 0. The summed E-state index contributed by atoms with van der Waals surface area (Å²) in [5, 5.41) is 0. The van der Waals surface area contributed by atoms with Gasteiger partial charge in [-0.2, -0.15) is 0 Å². The molecule has 0 N–H and O–H groups in total. The maximum Gasteiger partial charge on any atom is 0.263 e. The van der Waals surface area contributed by atoms with Crippen LogP contribution in [0.4, 0.5) is 0 Å². The Balaban J connectivity index is 1.68. The first kappa shape index (κ1) is 16.6. The fraction of sp³-hybridized carbons (Fsp3) is 0.381. The summed E-state index contributed by atoms with van der Waals surface area (Å²) in [6.45, 7) is 5.58. The second-order valence-corrected chi connectivity index (χ2v) is 6.29. The fourth-order valence-corrected chi connectivity index (χ4v) is 3.16. The van der Waals surface area contributed by atoms with E-state index >= 15 is 0 Å². The molecule has 3 nitrogen and oxygen atoms in total. The predicted molar refractivity (Wildman–Crippen MR) is 96.1 cm³/mol. The number of ether oxygens (including phenoxy) is 1. The number of carbonyl (C=O) groups is 1. The summed E-state index contributed by atoms with van der Waals surface area (Å²) in [5.41, 5.74) is 3.87. The molecule has 0 fully saturated rings. The topological polar surface area (TPSA) is 29.5 Å². The van der Waals surface area contributed by atoms with Gasteiger partial charge >= 0.3 is 0 Å². The molecule has 0 aromatic heterocycles. The molecule has 1 heterocycles. The minimum atomic E-state index is -0.414. The summed E-state index contributed by atoms with van der Waals surface area (Å²) >= 11 is 0. The van der Waals surface area contributed by atoms with Gasteiger partial charge in [0.05, 0.1) is 0 Å². The van der Waals surface area contributed by atoms with Crippen LogP contribution < -0.4 is 4.74 Å². The molecule has 0 aliphatic carbocycles. The Bertz CT molecular complexity index is 693. The van der Waals surface area contributed by atoms with E-state index in [0.29, 0.717) is 13.0 Å². The number of hydrogen-bond acceptors (Lipinski definition) is 2. The predicted octanol–water partition coefficient (Wildman–Crippen LogP) is 3.99. The van der Waals surface area contributed by atoms with Crippen LogP contribution in [0.2, 0.25) is 0 Å². The van der Waals surface area contributed by atoms with Gasteiger partial charge in [0, 0.05) is 13.1 Å². The molecule has 0 bridgehead atoms. The smallest absolute Gasteiger partial charge is 0.263 e. The Labute approximate surface area is 144 Å². The number of rotatable bonds is 5. The van der Waals surface area contributed by atoms with Gasteiger partial charge in [-0.3, -0.25) is 4.79 Å². The molecule has 1 atom stereocenters. The molecule has 3 rings (SSSR count). The fourth-order valence-electron chi connectivity index (χ4n) is 3.16. The van der Waals surface area contributed by atoms with Crippen LogP contribution in [0.3, 0.4) is 0 Å². The quantitative estimate of drug-likeness (QED) is 0.832. The summed E-state index contributed by atoms with van der Waals surface area (Å²) < 4.78 is 5.97. The lowest BCUT2D eigenvalue weighted by Crippen LogP contribution is -2.44. The van der Waals surface area contributed by atoms with Crippen LogP contribution in [-0.4, -0.2) is 23.5 Å². The highest BCUT2D eigenvalue weighted by Crippen LogP contribution is 2.21. The van der Waals surface area contributed by atoms with E-state index in [4.69, 9.17) is 4.74 Å². The van der Waals surface area contributed by atoms with E-state index in [0.717, 1.165) is 25.1 Å². The summed E-state index contributed by atoms with van der Waals surface area (Å²) in [6, 6.07) is 16.4. The summed E-state index contributed by atoms with van der Waals surface area (Å²) in [5.74, 6) is 0.858. The van der Waals surface area contributed by atoms with Crippen LogP contribution in [0.15, 0.2) is 48.5 Å². The van der Waals surface area contributed by atoms with Gasteiger partial charge in [-0.25, -0.2) is 0 Å². The van der Waals surface area contributed by atoms with Crippen molar-refractivity contribution < 1.29 is 9.53 Å². The van der Waals surface area contributed by atoms with E-state index in [1.54, 1.807) is 0 Å². The SMILES string of the molecule is CCc1ccc(O[C@@H](CC)C(=O)N2CCc3ccccc3C2)cc1.